The van der Waals surface area contributed by atoms with Crippen LogP contribution in [0.1, 0.15) is 18.4 Å². The van der Waals surface area contributed by atoms with Crippen LogP contribution in [0.4, 0.5) is 0 Å². The number of nitrogens with zero attached hydrogens (tertiary/aromatic N) is 1. The van der Waals surface area contributed by atoms with Crippen LogP contribution < -0.4 is 20.1 Å². The van der Waals surface area contributed by atoms with Gasteiger partial charge >= 0.3 is 0 Å². The standard InChI is InChI=1S/C16H20ClN3O3/c17-12-6-15-14(22-9-23-15)5-10(12)7-20-4-3-18-13(8-20)16(21)19-11-1-2-11/h5-6,11,13,18H,1-4,7-9H2,(H,19,21)/t13-/m0/s1. The van der Waals surface area contributed by atoms with Crippen molar-refractivity contribution in [2.75, 3.05) is 26.4 Å². The van der Waals surface area contributed by atoms with Crippen LogP contribution in [-0.4, -0.2) is 49.3 Å². The van der Waals surface area contributed by atoms with Crippen LogP contribution in [0.15, 0.2) is 12.1 Å². The second-order valence-electron chi connectivity index (χ2n) is 6.32. The lowest BCUT2D eigenvalue weighted by Crippen LogP contribution is -2.57. The van der Waals surface area contributed by atoms with Gasteiger partial charge in [0, 0.05) is 43.3 Å². The fourth-order valence-electron chi connectivity index (χ4n) is 2.98. The summed E-state index contributed by atoms with van der Waals surface area (Å²) in [4.78, 5) is 14.5. The van der Waals surface area contributed by atoms with Crippen LogP contribution in [0.25, 0.3) is 0 Å². The molecule has 0 unspecified atom stereocenters. The molecule has 1 aromatic rings. The molecule has 2 N–H and O–H groups in total. The minimum absolute atomic E-state index is 0.106. The van der Waals surface area contributed by atoms with Gasteiger partial charge in [-0.2, -0.15) is 0 Å². The number of piperazine rings is 1. The zero-order valence-corrected chi connectivity index (χ0v) is 13.6. The normalized spacial score (nSPS) is 23.8. The summed E-state index contributed by atoms with van der Waals surface area (Å²) in [5.74, 6) is 1.54. The molecule has 124 valence electrons. The van der Waals surface area contributed by atoms with Crippen LogP contribution in [0.2, 0.25) is 5.02 Å². The van der Waals surface area contributed by atoms with Crippen molar-refractivity contribution in [2.24, 2.45) is 0 Å². The fraction of sp³-hybridized carbons (Fsp3) is 0.562. The quantitative estimate of drug-likeness (QED) is 0.862. The van der Waals surface area contributed by atoms with Gasteiger partial charge in [0.1, 0.15) is 0 Å². The van der Waals surface area contributed by atoms with Gasteiger partial charge in [-0.25, -0.2) is 0 Å². The molecule has 0 bridgehead atoms. The molecule has 7 heteroatoms. The first-order valence-electron chi connectivity index (χ1n) is 8.03. The molecule has 3 aliphatic rings. The summed E-state index contributed by atoms with van der Waals surface area (Å²) >= 11 is 6.35. The van der Waals surface area contributed by atoms with Gasteiger partial charge < -0.3 is 20.1 Å². The van der Waals surface area contributed by atoms with Gasteiger partial charge in [0.2, 0.25) is 12.7 Å². The van der Waals surface area contributed by atoms with Crippen LogP contribution >= 0.6 is 11.6 Å². The highest BCUT2D eigenvalue weighted by Crippen LogP contribution is 2.37. The van der Waals surface area contributed by atoms with Gasteiger partial charge in [0.05, 0.1) is 6.04 Å². The van der Waals surface area contributed by atoms with E-state index in [-0.39, 0.29) is 18.7 Å². The van der Waals surface area contributed by atoms with Crippen LogP contribution in [0.5, 0.6) is 11.5 Å². The van der Waals surface area contributed by atoms with E-state index in [1.165, 1.54) is 0 Å². The summed E-state index contributed by atoms with van der Waals surface area (Å²) < 4.78 is 10.7. The smallest absolute Gasteiger partial charge is 0.238 e. The fourth-order valence-corrected chi connectivity index (χ4v) is 3.19. The first-order valence-corrected chi connectivity index (χ1v) is 8.41. The highest BCUT2D eigenvalue weighted by atomic mass is 35.5. The number of carbonyl (C=O) groups is 1. The molecule has 1 atom stereocenters. The first-order chi connectivity index (χ1) is 11.2. The molecule has 1 amide bonds. The molecule has 4 rings (SSSR count). The molecule has 2 fully saturated rings. The minimum Gasteiger partial charge on any atom is -0.454 e. The lowest BCUT2D eigenvalue weighted by Gasteiger charge is -2.33. The Kier molecular flexibility index (Phi) is 4.05. The van der Waals surface area contributed by atoms with E-state index in [2.05, 4.69) is 15.5 Å². The van der Waals surface area contributed by atoms with Crippen LogP contribution in [0, 0.1) is 0 Å². The third-order valence-electron chi connectivity index (χ3n) is 4.44. The average Bonchev–Trinajstić information content (AvgIpc) is 3.24. The van der Waals surface area contributed by atoms with Gasteiger partial charge in [0.15, 0.2) is 11.5 Å². The van der Waals surface area contributed by atoms with E-state index in [0.29, 0.717) is 29.9 Å². The molecule has 1 saturated heterocycles. The maximum Gasteiger partial charge on any atom is 0.238 e. The predicted molar refractivity (Wildman–Crippen MR) is 85.8 cm³/mol. The Labute approximate surface area is 140 Å². The molecular formula is C16H20ClN3O3. The van der Waals surface area contributed by atoms with Gasteiger partial charge in [-0.15, -0.1) is 0 Å². The number of hydrogen-bond acceptors (Lipinski definition) is 5. The molecule has 23 heavy (non-hydrogen) atoms. The summed E-state index contributed by atoms with van der Waals surface area (Å²) in [7, 11) is 0. The Bertz CT molecular complexity index is 621. The van der Waals surface area contributed by atoms with Crippen molar-refractivity contribution < 1.29 is 14.3 Å². The lowest BCUT2D eigenvalue weighted by molar-refractivity contribution is -0.124. The molecule has 0 aromatic heterocycles. The number of fused-ring (bicyclic) bond motifs is 1. The van der Waals surface area contributed by atoms with E-state index in [9.17, 15) is 4.79 Å². The molecule has 6 nitrogen and oxygen atoms in total. The number of rotatable bonds is 4. The zero-order valence-electron chi connectivity index (χ0n) is 12.8. The third-order valence-corrected chi connectivity index (χ3v) is 4.79. The van der Waals surface area contributed by atoms with E-state index < -0.39 is 0 Å². The van der Waals surface area contributed by atoms with E-state index in [1.807, 2.05) is 6.07 Å². The van der Waals surface area contributed by atoms with Crippen LogP contribution in [0.3, 0.4) is 0 Å². The van der Waals surface area contributed by atoms with Crippen molar-refractivity contribution in [3.05, 3.63) is 22.7 Å². The Morgan fingerprint density at radius 2 is 2.13 bits per heavy atom. The summed E-state index contributed by atoms with van der Waals surface area (Å²) in [5.41, 5.74) is 0.999. The lowest BCUT2D eigenvalue weighted by atomic mass is 10.1. The molecule has 1 saturated carbocycles. The Morgan fingerprint density at radius 1 is 1.35 bits per heavy atom. The maximum atomic E-state index is 12.2. The van der Waals surface area contributed by atoms with Crippen molar-refractivity contribution in [3.8, 4) is 11.5 Å². The SMILES string of the molecule is O=C(NC1CC1)[C@@H]1CN(Cc2cc3c(cc2Cl)OCO3)CCN1. The monoisotopic (exact) mass is 337 g/mol. The topological polar surface area (TPSA) is 62.8 Å². The van der Waals surface area contributed by atoms with E-state index in [4.69, 9.17) is 21.1 Å². The molecule has 1 aliphatic carbocycles. The minimum atomic E-state index is -0.155. The third kappa shape index (κ3) is 3.39. The van der Waals surface area contributed by atoms with E-state index >= 15 is 0 Å². The summed E-state index contributed by atoms with van der Waals surface area (Å²) in [6, 6.07) is 3.98. The highest BCUT2D eigenvalue weighted by molar-refractivity contribution is 6.31. The molecule has 2 heterocycles. The zero-order chi connectivity index (χ0) is 15.8. The predicted octanol–water partition coefficient (Wildman–Crippen LogP) is 1.12. The van der Waals surface area contributed by atoms with Gasteiger partial charge in [-0.1, -0.05) is 11.6 Å². The number of carbonyl (C=O) groups excluding carboxylic acids is 1. The molecule has 2 aliphatic heterocycles. The number of ether oxygens (including phenoxy) is 2. The number of hydrogen-bond donors (Lipinski definition) is 2. The van der Waals surface area contributed by atoms with Crippen molar-refractivity contribution in [1.82, 2.24) is 15.5 Å². The Balaban J connectivity index is 1.41. The van der Waals surface area contributed by atoms with Crippen molar-refractivity contribution >= 4 is 17.5 Å². The maximum absolute atomic E-state index is 12.2. The average molecular weight is 338 g/mol. The van der Waals surface area contributed by atoms with Gasteiger partial charge in [-0.3, -0.25) is 9.69 Å². The van der Waals surface area contributed by atoms with Gasteiger partial charge in [-0.05, 0) is 24.5 Å². The summed E-state index contributed by atoms with van der Waals surface area (Å²) in [6.45, 7) is 3.31. The number of halogens is 1. The Hall–Kier alpha value is -1.50. The van der Waals surface area contributed by atoms with Crippen molar-refractivity contribution in [2.45, 2.75) is 31.5 Å². The van der Waals surface area contributed by atoms with E-state index in [0.717, 1.165) is 37.2 Å². The van der Waals surface area contributed by atoms with Crippen LogP contribution in [-0.2, 0) is 11.3 Å². The van der Waals surface area contributed by atoms with Crippen molar-refractivity contribution in [3.63, 3.8) is 0 Å². The number of nitrogens with one attached hydrogen (secondary N) is 2. The van der Waals surface area contributed by atoms with Crippen molar-refractivity contribution in [1.29, 1.82) is 0 Å². The summed E-state index contributed by atoms with van der Waals surface area (Å²) in [6.07, 6.45) is 2.21. The molecule has 0 radical (unpaired) electrons. The number of benzene rings is 1. The Morgan fingerprint density at radius 3 is 2.91 bits per heavy atom. The van der Waals surface area contributed by atoms with Gasteiger partial charge in [0.25, 0.3) is 0 Å². The highest BCUT2D eigenvalue weighted by Gasteiger charge is 2.30. The largest absolute Gasteiger partial charge is 0.454 e. The summed E-state index contributed by atoms with van der Waals surface area (Å²) in [5, 5.41) is 7.03. The number of amides is 1. The second kappa shape index (κ2) is 6.19. The molecule has 0 spiro atoms. The first kappa shape index (κ1) is 15.1. The molecule has 1 aromatic carbocycles. The second-order valence-corrected chi connectivity index (χ2v) is 6.73. The van der Waals surface area contributed by atoms with E-state index in [1.54, 1.807) is 6.07 Å². The molecular weight excluding hydrogens is 318 g/mol.